The molecule has 0 amide bonds. The highest BCUT2D eigenvalue weighted by molar-refractivity contribution is 9.10. The van der Waals surface area contributed by atoms with E-state index in [4.69, 9.17) is 0 Å². The summed E-state index contributed by atoms with van der Waals surface area (Å²) in [4.78, 5) is 0.314. The van der Waals surface area contributed by atoms with Crippen LogP contribution < -0.4 is 0 Å². The molecule has 0 fully saturated rings. The lowest BCUT2D eigenvalue weighted by Gasteiger charge is -2.31. The van der Waals surface area contributed by atoms with Crippen LogP contribution in [-0.2, 0) is 23.1 Å². The van der Waals surface area contributed by atoms with Gasteiger partial charge in [0, 0.05) is 29.0 Å². The van der Waals surface area contributed by atoms with Gasteiger partial charge in [0.05, 0.1) is 11.4 Å². The number of benzene rings is 2. The zero-order chi connectivity index (χ0) is 21.0. The molecule has 0 radical (unpaired) electrons. The molecule has 0 saturated heterocycles. The van der Waals surface area contributed by atoms with Crippen LogP contribution in [0.25, 0.3) is 0 Å². The minimum Gasteiger partial charge on any atom is -0.346 e. The van der Waals surface area contributed by atoms with Gasteiger partial charge in [0.1, 0.15) is 0 Å². The summed E-state index contributed by atoms with van der Waals surface area (Å²) in [6.45, 7) is 7.13. The molecule has 0 saturated carbocycles. The SMILES string of the molecule is CC(C)[C@H](C)N(Cc1cccn1Cc1ccccc1)S(=O)(=O)c1ccc(Br)cc1. The van der Waals surface area contributed by atoms with Crippen LogP contribution in [-0.4, -0.2) is 23.3 Å². The number of hydrogen-bond donors (Lipinski definition) is 0. The van der Waals surface area contributed by atoms with E-state index in [0.717, 1.165) is 10.2 Å². The second-order valence-electron chi connectivity index (χ2n) is 7.60. The van der Waals surface area contributed by atoms with Crippen LogP contribution in [0.2, 0.25) is 0 Å². The average Bonchev–Trinajstić information content (AvgIpc) is 3.13. The number of sulfonamides is 1. The maximum Gasteiger partial charge on any atom is 0.243 e. The highest BCUT2D eigenvalue weighted by atomic mass is 79.9. The fraction of sp³-hybridized carbons (Fsp3) is 0.304. The molecule has 29 heavy (non-hydrogen) atoms. The highest BCUT2D eigenvalue weighted by Crippen LogP contribution is 2.26. The Kier molecular flexibility index (Phi) is 6.98. The van der Waals surface area contributed by atoms with Crippen molar-refractivity contribution in [3.63, 3.8) is 0 Å². The van der Waals surface area contributed by atoms with Crippen LogP contribution in [0.3, 0.4) is 0 Å². The van der Waals surface area contributed by atoms with Gasteiger partial charge in [-0.25, -0.2) is 8.42 Å². The number of aromatic nitrogens is 1. The molecule has 0 aliphatic carbocycles. The summed E-state index contributed by atoms with van der Waals surface area (Å²) in [5, 5.41) is 0. The lowest BCUT2D eigenvalue weighted by Crippen LogP contribution is -2.41. The van der Waals surface area contributed by atoms with Gasteiger partial charge in [-0.1, -0.05) is 60.1 Å². The molecule has 0 spiro atoms. The first-order valence-corrected chi connectivity index (χ1v) is 12.0. The number of rotatable bonds is 8. The van der Waals surface area contributed by atoms with Gasteiger partial charge in [-0.05, 0) is 54.8 Å². The van der Waals surface area contributed by atoms with E-state index in [9.17, 15) is 8.42 Å². The van der Waals surface area contributed by atoms with Crippen molar-refractivity contribution in [1.82, 2.24) is 8.87 Å². The number of nitrogens with zero attached hydrogens (tertiary/aromatic N) is 2. The summed E-state index contributed by atoms with van der Waals surface area (Å²) < 4.78 is 31.6. The molecule has 0 aliphatic rings. The zero-order valence-electron chi connectivity index (χ0n) is 17.0. The van der Waals surface area contributed by atoms with Gasteiger partial charge >= 0.3 is 0 Å². The summed E-state index contributed by atoms with van der Waals surface area (Å²) in [6.07, 6.45) is 2.01. The van der Waals surface area contributed by atoms with Crippen LogP contribution in [0.15, 0.2) is 82.3 Å². The first-order valence-electron chi connectivity index (χ1n) is 9.74. The topological polar surface area (TPSA) is 42.3 Å². The molecule has 6 heteroatoms. The second kappa shape index (κ2) is 9.28. The standard InChI is InChI=1S/C23H27BrN2O2S/c1-18(2)19(3)26(29(27,28)23-13-11-21(24)12-14-23)17-22-10-7-15-25(22)16-20-8-5-4-6-9-20/h4-15,18-19H,16-17H2,1-3H3/t19-/m0/s1. The summed E-state index contributed by atoms with van der Waals surface area (Å²) >= 11 is 3.38. The van der Waals surface area contributed by atoms with E-state index in [-0.39, 0.29) is 12.0 Å². The van der Waals surface area contributed by atoms with Crippen molar-refractivity contribution in [2.75, 3.05) is 0 Å². The van der Waals surface area contributed by atoms with Crippen molar-refractivity contribution in [1.29, 1.82) is 0 Å². The minimum absolute atomic E-state index is 0.135. The van der Waals surface area contributed by atoms with Crippen LogP contribution in [0.5, 0.6) is 0 Å². The van der Waals surface area contributed by atoms with Crippen LogP contribution in [0.4, 0.5) is 0 Å². The van der Waals surface area contributed by atoms with E-state index in [0.29, 0.717) is 18.0 Å². The lowest BCUT2D eigenvalue weighted by molar-refractivity contribution is 0.265. The van der Waals surface area contributed by atoms with Crippen LogP contribution in [0.1, 0.15) is 32.0 Å². The predicted octanol–water partition coefficient (Wildman–Crippen LogP) is 5.53. The smallest absolute Gasteiger partial charge is 0.243 e. The average molecular weight is 475 g/mol. The lowest BCUT2D eigenvalue weighted by atomic mass is 10.1. The molecule has 154 valence electrons. The maximum absolute atomic E-state index is 13.5. The van der Waals surface area contributed by atoms with Gasteiger partial charge in [0.15, 0.2) is 0 Å². The Morgan fingerprint density at radius 1 is 0.931 bits per heavy atom. The van der Waals surface area contributed by atoms with Gasteiger partial charge < -0.3 is 4.57 Å². The van der Waals surface area contributed by atoms with E-state index < -0.39 is 10.0 Å². The van der Waals surface area contributed by atoms with Gasteiger partial charge in [0.25, 0.3) is 0 Å². The second-order valence-corrected chi connectivity index (χ2v) is 10.4. The van der Waals surface area contributed by atoms with Crippen molar-refractivity contribution in [3.8, 4) is 0 Å². The van der Waals surface area contributed by atoms with Crippen molar-refractivity contribution < 1.29 is 8.42 Å². The Balaban J connectivity index is 1.93. The molecule has 0 N–H and O–H groups in total. The zero-order valence-corrected chi connectivity index (χ0v) is 19.4. The van der Waals surface area contributed by atoms with Gasteiger partial charge in [0.2, 0.25) is 10.0 Å². The van der Waals surface area contributed by atoms with Crippen molar-refractivity contribution >= 4 is 26.0 Å². The molecule has 3 aromatic rings. The molecule has 0 unspecified atom stereocenters. The Bertz CT molecular complexity index is 1030. The monoisotopic (exact) mass is 474 g/mol. The Hall–Kier alpha value is -1.89. The molecular weight excluding hydrogens is 448 g/mol. The van der Waals surface area contributed by atoms with E-state index >= 15 is 0 Å². The molecule has 4 nitrogen and oxygen atoms in total. The van der Waals surface area contributed by atoms with Gasteiger partial charge in [-0.15, -0.1) is 0 Å². The quantitative estimate of drug-likeness (QED) is 0.430. The summed E-state index contributed by atoms with van der Waals surface area (Å²) in [6, 6.07) is 20.9. The van der Waals surface area contributed by atoms with Crippen molar-refractivity contribution in [2.45, 2.75) is 44.8 Å². The Morgan fingerprint density at radius 3 is 2.21 bits per heavy atom. The van der Waals surface area contributed by atoms with E-state index in [1.54, 1.807) is 28.6 Å². The molecule has 0 aliphatic heterocycles. The summed E-state index contributed by atoms with van der Waals surface area (Å²) in [5.41, 5.74) is 2.16. The van der Waals surface area contributed by atoms with Crippen LogP contribution >= 0.6 is 15.9 Å². The fourth-order valence-corrected chi connectivity index (χ4v) is 5.21. The Morgan fingerprint density at radius 2 is 1.59 bits per heavy atom. The molecule has 1 atom stereocenters. The number of halogens is 1. The minimum atomic E-state index is -3.63. The number of hydrogen-bond acceptors (Lipinski definition) is 2. The molecule has 2 aromatic carbocycles. The first-order chi connectivity index (χ1) is 13.8. The van der Waals surface area contributed by atoms with E-state index in [2.05, 4.69) is 46.5 Å². The van der Waals surface area contributed by atoms with Crippen LogP contribution in [0, 0.1) is 5.92 Å². The fourth-order valence-electron chi connectivity index (χ4n) is 3.21. The normalized spacial score (nSPS) is 13.2. The summed E-state index contributed by atoms with van der Waals surface area (Å²) in [7, 11) is -3.63. The van der Waals surface area contributed by atoms with E-state index in [1.807, 2.05) is 43.5 Å². The van der Waals surface area contributed by atoms with Crippen molar-refractivity contribution in [2.24, 2.45) is 5.92 Å². The maximum atomic E-state index is 13.5. The largest absolute Gasteiger partial charge is 0.346 e. The third kappa shape index (κ3) is 5.18. The summed E-state index contributed by atoms with van der Waals surface area (Å²) in [5.74, 6) is 0.192. The molecule has 0 bridgehead atoms. The van der Waals surface area contributed by atoms with Crippen molar-refractivity contribution in [3.05, 3.63) is 88.7 Å². The first kappa shape index (κ1) is 21.8. The molecule has 3 rings (SSSR count). The highest BCUT2D eigenvalue weighted by Gasteiger charge is 2.31. The van der Waals surface area contributed by atoms with Gasteiger partial charge in [-0.2, -0.15) is 4.31 Å². The third-order valence-electron chi connectivity index (χ3n) is 5.28. The van der Waals surface area contributed by atoms with Gasteiger partial charge in [-0.3, -0.25) is 0 Å². The third-order valence-corrected chi connectivity index (χ3v) is 7.75. The Labute approximate surface area is 182 Å². The molecular formula is C23H27BrN2O2S. The van der Waals surface area contributed by atoms with E-state index in [1.165, 1.54) is 5.56 Å². The predicted molar refractivity (Wildman–Crippen MR) is 121 cm³/mol. The molecule has 1 aromatic heterocycles. The molecule has 1 heterocycles.